The molecule has 3 heterocycles. The van der Waals surface area contributed by atoms with Gasteiger partial charge in [0.25, 0.3) is 5.91 Å². The molecule has 1 unspecified atom stereocenters. The lowest BCUT2D eigenvalue weighted by Crippen LogP contribution is -2.54. The summed E-state index contributed by atoms with van der Waals surface area (Å²) >= 11 is 0. The van der Waals surface area contributed by atoms with Crippen molar-refractivity contribution in [3.8, 4) is 11.5 Å². The van der Waals surface area contributed by atoms with Crippen LogP contribution in [0.3, 0.4) is 0 Å². The van der Waals surface area contributed by atoms with E-state index in [1.807, 2.05) is 23.1 Å². The highest BCUT2D eigenvalue weighted by atomic mass is 16.6. The van der Waals surface area contributed by atoms with Crippen molar-refractivity contribution in [2.75, 3.05) is 32.9 Å². The van der Waals surface area contributed by atoms with E-state index < -0.39 is 0 Å². The van der Waals surface area contributed by atoms with E-state index >= 15 is 0 Å². The minimum atomic E-state index is -0.357. The predicted octanol–water partition coefficient (Wildman–Crippen LogP) is 1.68. The molecule has 126 valence electrons. The third-order valence-electron chi connectivity index (χ3n) is 4.52. The quantitative estimate of drug-likeness (QED) is 0.834. The Bertz CT molecular complexity index is 752. The molecule has 0 N–H and O–H groups in total. The highest BCUT2D eigenvalue weighted by Crippen LogP contribution is 2.30. The number of morpholine rings is 1. The SMILES string of the molecule is Cc1nnc(-c2ccccc2C(=O)N2CCOC3(CCOC3)C2)o1. The number of rotatable bonds is 2. The van der Waals surface area contributed by atoms with Crippen molar-refractivity contribution < 1.29 is 18.7 Å². The van der Waals surface area contributed by atoms with Crippen molar-refractivity contribution >= 4 is 5.91 Å². The number of aryl methyl sites for hydroxylation is 1. The van der Waals surface area contributed by atoms with Crippen LogP contribution in [0, 0.1) is 6.92 Å². The van der Waals surface area contributed by atoms with Crippen molar-refractivity contribution in [3.05, 3.63) is 35.7 Å². The second-order valence-electron chi connectivity index (χ2n) is 6.23. The molecule has 2 aliphatic rings. The van der Waals surface area contributed by atoms with E-state index in [-0.39, 0.29) is 11.5 Å². The van der Waals surface area contributed by atoms with Gasteiger partial charge in [0.05, 0.1) is 30.9 Å². The summed E-state index contributed by atoms with van der Waals surface area (Å²) in [5.74, 6) is 0.792. The predicted molar refractivity (Wildman–Crippen MR) is 84.5 cm³/mol. The molecule has 2 saturated heterocycles. The number of amides is 1. The third kappa shape index (κ3) is 2.70. The molecule has 2 fully saturated rings. The average molecular weight is 329 g/mol. The third-order valence-corrected chi connectivity index (χ3v) is 4.52. The molecule has 0 aliphatic carbocycles. The van der Waals surface area contributed by atoms with E-state index in [0.29, 0.717) is 55.8 Å². The Morgan fingerprint density at radius 3 is 2.88 bits per heavy atom. The van der Waals surface area contributed by atoms with Crippen LogP contribution in [-0.2, 0) is 9.47 Å². The zero-order valence-corrected chi connectivity index (χ0v) is 13.5. The lowest BCUT2D eigenvalue weighted by atomic mass is 9.99. The molecule has 24 heavy (non-hydrogen) atoms. The molecule has 1 spiro atoms. The van der Waals surface area contributed by atoms with Gasteiger partial charge in [0, 0.05) is 26.5 Å². The Hall–Kier alpha value is -2.25. The van der Waals surface area contributed by atoms with Crippen molar-refractivity contribution in [2.45, 2.75) is 18.9 Å². The summed E-state index contributed by atoms with van der Waals surface area (Å²) < 4.78 is 16.9. The van der Waals surface area contributed by atoms with E-state index in [4.69, 9.17) is 13.9 Å². The molecule has 1 aromatic carbocycles. The maximum absolute atomic E-state index is 13.1. The van der Waals surface area contributed by atoms with Crippen LogP contribution in [0.2, 0.25) is 0 Å². The highest BCUT2D eigenvalue weighted by molar-refractivity contribution is 6.00. The maximum Gasteiger partial charge on any atom is 0.254 e. The number of ether oxygens (including phenoxy) is 2. The number of benzene rings is 1. The van der Waals surface area contributed by atoms with Crippen LogP contribution in [0.5, 0.6) is 0 Å². The Kier molecular flexibility index (Phi) is 3.82. The lowest BCUT2D eigenvalue weighted by molar-refractivity contribution is -0.0995. The van der Waals surface area contributed by atoms with E-state index in [1.165, 1.54) is 0 Å². The van der Waals surface area contributed by atoms with Crippen LogP contribution in [0.25, 0.3) is 11.5 Å². The first-order valence-electron chi connectivity index (χ1n) is 8.07. The largest absolute Gasteiger partial charge is 0.421 e. The van der Waals surface area contributed by atoms with Gasteiger partial charge in [0.2, 0.25) is 11.8 Å². The molecule has 2 aromatic rings. The van der Waals surface area contributed by atoms with Gasteiger partial charge in [-0.15, -0.1) is 10.2 Å². The van der Waals surface area contributed by atoms with Crippen molar-refractivity contribution in [1.82, 2.24) is 15.1 Å². The molecule has 7 nitrogen and oxygen atoms in total. The van der Waals surface area contributed by atoms with Crippen molar-refractivity contribution in [1.29, 1.82) is 0 Å². The van der Waals surface area contributed by atoms with Crippen molar-refractivity contribution in [3.63, 3.8) is 0 Å². The molecule has 2 aliphatic heterocycles. The minimum Gasteiger partial charge on any atom is -0.421 e. The van der Waals surface area contributed by atoms with Crippen LogP contribution < -0.4 is 0 Å². The first kappa shape index (κ1) is 15.3. The van der Waals surface area contributed by atoms with Gasteiger partial charge in [-0.1, -0.05) is 12.1 Å². The van der Waals surface area contributed by atoms with E-state index in [2.05, 4.69) is 10.2 Å². The molecule has 4 rings (SSSR count). The molecule has 0 radical (unpaired) electrons. The fourth-order valence-corrected chi connectivity index (χ4v) is 3.28. The van der Waals surface area contributed by atoms with Crippen LogP contribution in [0.4, 0.5) is 0 Å². The average Bonchev–Trinajstić information content (AvgIpc) is 3.24. The fourth-order valence-electron chi connectivity index (χ4n) is 3.28. The second kappa shape index (κ2) is 5.99. The van der Waals surface area contributed by atoms with E-state index in [0.717, 1.165) is 6.42 Å². The number of carbonyl (C=O) groups is 1. The zero-order valence-electron chi connectivity index (χ0n) is 13.5. The Balaban J connectivity index is 1.63. The molecule has 0 bridgehead atoms. The molecular formula is C17H19N3O4. The number of nitrogens with zero attached hydrogens (tertiary/aromatic N) is 3. The number of hydrogen-bond acceptors (Lipinski definition) is 6. The van der Waals surface area contributed by atoms with Gasteiger partial charge < -0.3 is 18.8 Å². The Labute approximate surface area is 139 Å². The standard InChI is InChI=1S/C17H19N3O4/c1-12-18-19-15(24-12)13-4-2-3-5-14(13)16(21)20-7-9-23-17(10-20)6-8-22-11-17/h2-5H,6-11H2,1H3. The summed E-state index contributed by atoms with van der Waals surface area (Å²) in [6, 6.07) is 7.33. The normalized spacial score (nSPS) is 23.8. The summed E-state index contributed by atoms with van der Waals surface area (Å²) in [7, 11) is 0. The Morgan fingerprint density at radius 2 is 2.12 bits per heavy atom. The first-order valence-corrected chi connectivity index (χ1v) is 8.07. The fraction of sp³-hybridized carbons (Fsp3) is 0.471. The van der Waals surface area contributed by atoms with Gasteiger partial charge >= 0.3 is 0 Å². The molecule has 1 atom stereocenters. The summed E-state index contributed by atoms with van der Waals surface area (Å²) in [4.78, 5) is 14.9. The number of carbonyl (C=O) groups excluding carboxylic acids is 1. The zero-order chi connectivity index (χ0) is 16.6. The molecule has 7 heteroatoms. The minimum absolute atomic E-state index is 0.0453. The van der Waals surface area contributed by atoms with Gasteiger partial charge in [0.15, 0.2) is 0 Å². The summed E-state index contributed by atoms with van der Waals surface area (Å²) in [5.41, 5.74) is 0.868. The van der Waals surface area contributed by atoms with Gasteiger partial charge in [-0.25, -0.2) is 0 Å². The van der Waals surface area contributed by atoms with Gasteiger partial charge in [0.1, 0.15) is 5.60 Å². The number of aromatic nitrogens is 2. The monoisotopic (exact) mass is 329 g/mol. The summed E-state index contributed by atoms with van der Waals surface area (Å²) in [6.45, 7) is 4.59. The van der Waals surface area contributed by atoms with E-state index in [1.54, 1.807) is 13.0 Å². The summed E-state index contributed by atoms with van der Waals surface area (Å²) in [5, 5.41) is 7.90. The van der Waals surface area contributed by atoms with E-state index in [9.17, 15) is 4.79 Å². The molecule has 0 saturated carbocycles. The summed E-state index contributed by atoms with van der Waals surface area (Å²) in [6.07, 6.45) is 0.821. The van der Waals surface area contributed by atoms with Crippen molar-refractivity contribution in [2.24, 2.45) is 0 Å². The highest BCUT2D eigenvalue weighted by Gasteiger charge is 2.42. The van der Waals surface area contributed by atoms with Gasteiger partial charge in [-0.3, -0.25) is 4.79 Å². The topological polar surface area (TPSA) is 77.7 Å². The molecular weight excluding hydrogens is 310 g/mol. The maximum atomic E-state index is 13.1. The molecule has 1 aromatic heterocycles. The second-order valence-corrected chi connectivity index (χ2v) is 6.23. The lowest BCUT2D eigenvalue weighted by Gasteiger charge is -2.39. The number of hydrogen-bond donors (Lipinski definition) is 0. The van der Waals surface area contributed by atoms with Gasteiger partial charge in [-0.2, -0.15) is 0 Å². The Morgan fingerprint density at radius 1 is 1.25 bits per heavy atom. The van der Waals surface area contributed by atoms with Crippen LogP contribution in [0.15, 0.2) is 28.7 Å². The first-order chi connectivity index (χ1) is 11.7. The smallest absolute Gasteiger partial charge is 0.254 e. The van der Waals surface area contributed by atoms with Gasteiger partial charge in [-0.05, 0) is 12.1 Å². The van der Waals surface area contributed by atoms with Crippen LogP contribution in [0.1, 0.15) is 22.7 Å². The van der Waals surface area contributed by atoms with Crippen LogP contribution >= 0.6 is 0 Å². The molecule has 1 amide bonds. The van der Waals surface area contributed by atoms with Crippen LogP contribution in [-0.4, -0.2) is 59.5 Å².